The molecule has 0 atom stereocenters. The molecule has 1 fully saturated rings. The highest BCUT2D eigenvalue weighted by Gasteiger charge is 2.34. The first-order chi connectivity index (χ1) is 12.2. The first kappa shape index (κ1) is 17.4. The lowest BCUT2D eigenvalue weighted by Crippen LogP contribution is -2.49. The molecule has 3 rings (SSSR count). The Morgan fingerprint density at radius 2 is 1.60 bits per heavy atom. The summed E-state index contributed by atoms with van der Waals surface area (Å²) >= 11 is 0. The Balaban J connectivity index is 1.74. The Morgan fingerprint density at radius 3 is 2.08 bits per heavy atom. The van der Waals surface area contributed by atoms with Gasteiger partial charge in [0.15, 0.2) is 0 Å². The van der Waals surface area contributed by atoms with Crippen LogP contribution in [0.3, 0.4) is 0 Å². The summed E-state index contributed by atoms with van der Waals surface area (Å²) in [6, 6.07) is 21.5. The summed E-state index contributed by atoms with van der Waals surface area (Å²) in [5.41, 5.74) is 3.72. The zero-order valence-electron chi connectivity index (χ0n) is 14.9. The van der Waals surface area contributed by atoms with Crippen molar-refractivity contribution in [2.24, 2.45) is 5.92 Å². The van der Waals surface area contributed by atoms with Crippen molar-refractivity contribution in [3.05, 3.63) is 83.4 Å². The number of carbonyl (C=O) groups is 1. The third-order valence-electron chi connectivity index (χ3n) is 4.78. The second-order valence-electron chi connectivity index (χ2n) is 6.52. The van der Waals surface area contributed by atoms with Crippen molar-refractivity contribution in [1.29, 1.82) is 0 Å². The van der Waals surface area contributed by atoms with Gasteiger partial charge in [-0.05, 0) is 25.0 Å². The number of esters is 1. The van der Waals surface area contributed by atoms with E-state index in [1.54, 1.807) is 6.08 Å². The minimum absolute atomic E-state index is 0.235. The number of carbonyl (C=O) groups excluding carboxylic acids is 1. The molecular weight excluding hydrogens is 310 g/mol. The van der Waals surface area contributed by atoms with Gasteiger partial charge in [-0.25, -0.2) is 4.79 Å². The van der Waals surface area contributed by atoms with Crippen molar-refractivity contribution in [2.45, 2.75) is 19.9 Å². The number of rotatable bonds is 6. The molecule has 2 aromatic carbocycles. The average Bonchev–Trinajstić information content (AvgIpc) is 2.59. The summed E-state index contributed by atoms with van der Waals surface area (Å²) in [6.45, 7) is 6.19. The van der Waals surface area contributed by atoms with E-state index in [-0.39, 0.29) is 12.0 Å². The van der Waals surface area contributed by atoms with Gasteiger partial charge < -0.3 is 4.74 Å². The first-order valence-corrected chi connectivity index (χ1v) is 8.88. The van der Waals surface area contributed by atoms with E-state index >= 15 is 0 Å². The predicted octanol–water partition coefficient (Wildman–Crippen LogP) is 4.22. The molecule has 0 unspecified atom stereocenters. The molecule has 3 heteroatoms. The molecule has 0 N–H and O–H groups in total. The van der Waals surface area contributed by atoms with Crippen molar-refractivity contribution in [2.75, 3.05) is 19.7 Å². The Morgan fingerprint density at radius 1 is 1.08 bits per heavy atom. The van der Waals surface area contributed by atoms with Crippen molar-refractivity contribution in [3.63, 3.8) is 0 Å². The molecule has 1 aliphatic rings. The van der Waals surface area contributed by atoms with E-state index in [2.05, 4.69) is 65.6 Å². The minimum atomic E-state index is -0.235. The Hall–Kier alpha value is -2.39. The van der Waals surface area contributed by atoms with Crippen LogP contribution < -0.4 is 0 Å². The molecule has 0 saturated carbocycles. The smallest absolute Gasteiger partial charge is 0.330 e. The Labute approximate surface area is 149 Å². The van der Waals surface area contributed by atoms with E-state index in [9.17, 15) is 4.79 Å². The monoisotopic (exact) mass is 335 g/mol. The predicted molar refractivity (Wildman–Crippen MR) is 100 cm³/mol. The van der Waals surface area contributed by atoms with Crippen LogP contribution in [0.2, 0.25) is 0 Å². The van der Waals surface area contributed by atoms with Gasteiger partial charge in [-0.1, -0.05) is 66.2 Å². The standard InChI is InChI=1S/C22H25NO2/c1-3-25-21(24)14-17(2)20-15-23(16-20)22(18-10-6-4-7-11-18)19-12-8-5-9-13-19/h4-14,20,22H,3,15-16H2,1-2H3. The topological polar surface area (TPSA) is 29.5 Å². The van der Waals surface area contributed by atoms with Gasteiger partial charge in [0.1, 0.15) is 0 Å². The van der Waals surface area contributed by atoms with Crippen LogP contribution in [-0.4, -0.2) is 30.6 Å². The van der Waals surface area contributed by atoms with Crippen molar-refractivity contribution in [3.8, 4) is 0 Å². The van der Waals surface area contributed by atoms with Crippen molar-refractivity contribution < 1.29 is 9.53 Å². The highest BCUT2D eigenvalue weighted by atomic mass is 16.5. The summed E-state index contributed by atoms with van der Waals surface area (Å²) in [5, 5.41) is 0. The Bertz CT molecular complexity index is 679. The van der Waals surface area contributed by atoms with Crippen LogP contribution in [0.1, 0.15) is 31.0 Å². The number of hydrogen-bond donors (Lipinski definition) is 0. The van der Waals surface area contributed by atoms with E-state index in [1.807, 2.05) is 13.8 Å². The fourth-order valence-corrected chi connectivity index (χ4v) is 3.38. The van der Waals surface area contributed by atoms with Gasteiger partial charge in [0.05, 0.1) is 12.6 Å². The molecular formula is C22H25NO2. The van der Waals surface area contributed by atoms with Gasteiger partial charge >= 0.3 is 5.97 Å². The van der Waals surface area contributed by atoms with Crippen LogP contribution in [0, 0.1) is 5.92 Å². The zero-order valence-corrected chi connectivity index (χ0v) is 14.9. The molecule has 1 heterocycles. The van der Waals surface area contributed by atoms with Crippen LogP contribution in [0.25, 0.3) is 0 Å². The lowest BCUT2D eigenvalue weighted by atomic mass is 9.86. The highest BCUT2D eigenvalue weighted by molar-refractivity contribution is 5.82. The fourth-order valence-electron chi connectivity index (χ4n) is 3.38. The molecule has 25 heavy (non-hydrogen) atoms. The van der Waals surface area contributed by atoms with Gasteiger partial charge in [0, 0.05) is 25.1 Å². The molecule has 0 bridgehead atoms. The average molecular weight is 335 g/mol. The number of nitrogens with zero attached hydrogens (tertiary/aromatic N) is 1. The number of likely N-dealkylation sites (tertiary alicyclic amines) is 1. The number of benzene rings is 2. The molecule has 1 saturated heterocycles. The summed E-state index contributed by atoms with van der Waals surface area (Å²) < 4.78 is 5.02. The second-order valence-corrected chi connectivity index (χ2v) is 6.52. The lowest BCUT2D eigenvalue weighted by Gasteiger charge is -2.45. The maximum Gasteiger partial charge on any atom is 0.330 e. The first-order valence-electron chi connectivity index (χ1n) is 8.88. The molecule has 3 nitrogen and oxygen atoms in total. The van der Waals surface area contributed by atoms with E-state index in [0.29, 0.717) is 12.5 Å². The van der Waals surface area contributed by atoms with Gasteiger partial charge in [0.25, 0.3) is 0 Å². The molecule has 2 aromatic rings. The second kappa shape index (κ2) is 8.13. The minimum Gasteiger partial charge on any atom is -0.463 e. The van der Waals surface area contributed by atoms with Gasteiger partial charge in [0.2, 0.25) is 0 Å². The summed E-state index contributed by atoms with van der Waals surface area (Å²) in [4.78, 5) is 14.1. The maximum atomic E-state index is 11.6. The quantitative estimate of drug-likeness (QED) is 0.585. The van der Waals surface area contributed by atoms with E-state index in [1.165, 1.54) is 11.1 Å². The molecule has 0 aromatic heterocycles. The molecule has 0 radical (unpaired) electrons. The van der Waals surface area contributed by atoms with Gasteiger partial charge in [-0.3, -0.25) is 4.90 Å². The van der Waals surface area contributed by atoms with Crippen LogP contribution in [-0.2, 0) is 9.53 Å². The molecule has 0 amide bonds. The molecule has 0 spiro atoms. The van der Waals surface area contributed by atoms with Crippen LogP contribution in [0.5, 0.6) is 0 Å². The summed E-state index contributed by atoms with van der Waals surface area (Å²) in [5.74, 6) is 0.181. The molecule has 1 aliphatic heterocycles. The van der Waals surface area contributed by atoms with Crippen LogP contribution in [0.4, 0.5) is 0 Å². The zero-order chi connectivity index (χ0) is 17.6. The van der Waals surface area contributed by atoms with Gasteiger partial charge in [-0.15, -0.1) is 0 Å². The van der Waals surface area contributed by atoms with E-state index < -0.39 is 0 Å². The normalized spacial score (nSPS) is 15.9. The van der Waals surface area contributed by atoms with E-state index in [0.717, 1.165) is 18.7 Å². The highest BCUT2D eigenvalue weighted by Crippen LogP contribution is 2.36. The molecule has 0 aliphatic carbocycles. The van der Waals surface area contributed by atoms with E-state index in [4.69, 9.17) is 4.74 Å². The SMILES string of the molecule is CCOC(=O)C=C(C)C1CN(C(c2ccccc2)c2ccccc2)C1. The third-order valence-corrected chi connectivity index (χ3v) is 4.78. The molecule has 130 valence electrons. The third kappa shape index (κ3) is 4.18. The van der Waals surface area contributed by atoms with Crippen LogP contribution >= 0.6 is 0 Å². The van der Waals surface area contributed by atoms with Crippen molar-refractivity contribution in [1.82, 2.24) is 4.90 Å². The number of ether oxygens (including phenoxy) is 1. The van der Waals surface area contributed by atoms with Gasteiger partial charge in [-0.2, -0.15) is 0 Å². The van der Waals surface area contributed by atoms with Crippen LogP contribution in [0.15, 0.2) is 72.3 Å². The maximum absolute atomic E-state index is 11.6. The lowest BCUT2D eigenvalue weighted by molar-refractivity contribution is -0.137. The summed E-state index contributed by atoms with van der Waals surface area (Å²) in [7, 11) is 0. The largest absolute Gasteiger partial charge is 0.463 e. The Kier molecular flexibility index (Phi) is 5.67. The summed E-state index contributed by atoms with van der Waals surface area (Å²) in [6.07, 6.45) is 1.64. The number of hydrogen-bond acceptors (Lipinski definition) is 3. The van der Waals surface area contributed by atoms with Crippen molar-refractivity contribution >= 4 is 5.97 Å². The fraction of sp³-hybridized carbons (Fsp3) is 0.318.